The lowest BCUT2D eigenvalue weighted by molar-refractivity contribution is 0.652. The summed E-state index contributed by atoms with van der Waals surface area (Å²) < 4.78 is 0. The fourth-order valence-electron chi connectivity index (χ4n) is 7.58. The molecule has 6 heteroatoms. The molecule has 0 radical (unpaired) electrons. The van der Waals surface area contributed by atoms with Crippen molar-refractivity contribution in [3.8, 4) is 0 Å². The molecule has 0 saturated carbocycles. The molecule has 11 rings (SSSR count). The van der Waals surface area contributed by atoms with Gasteiger partial charge in [-0.15, -0.1) is 68.0 Å². The van der Waals surface area contributed by atoms with E-state index in [9.17, 15) is 0 Å². The van der Waals surface area contributed by atoms with Gasteiger partial charge in [0, 0.05) is 58.5 Å². The summed E-state index contributed by atoms with van der Waals surface area (Å²) >= 11 is 11.6. The van der Waals surface area contributed by atoms with Gasteiger partial charge in [0.05, 0.1) is 10.8 Å². The van der Waals surface area contributed by atoms with Gasteiger partial charge in [0.15, 0.2) is 0 Å². The molecule has 3 aliphatic heterocycles. The molecule has 0 nitrogen and oxygen atoms in total. The molecule has 9 heterocycles. The second-order valence-corrected chi connectivity index (χ2v) is 20.0. The molecule has 0 atom stereocenters. The highest BCUT2D eigenvalue weighted by molar-refractivity contribution is 7.18. The van der Waals surface area contributed by atoms with Crippen molar-refractivity contribution in [1.82, 2.24) is 0 Å². The van der Waals surface area contributed by atoms with Crippen molar-refractivity contribution in [2.24, 2.45) is 0 Å². The molecule has 0 saturated heterocycles. The van der Waals surface area contributed by atoms with Crippen LogP contribution in [0.3, 0.4) is 0 Å². The molecule has 0 unspecified atom stereocenters. The van der Waals surface area contributed by atoms with E-state index in [2.05, 4.69) is 170 Å². The maximum Gasteiger partial charge on any atom is 0.0772 e. The number of thiophene rings is 6. The first-order valence-electron chi connectivity index (χ1n) is 17.4. The van der Waals surface area contributed by atoms with Crippen LogP contribution in [0.5, 0.6) is 0 Å². The van der Waals surface area contributed by atoms with Crippen molar-refractivity contribution in [2.75, 3.05) is 0 Å². The molecule has 0 N–H and O–H groups in total. The summed E-state index contributed by atoms with van der Waals surface area (Å²) in [6, 6.07) is 50.4. The van der Waals surface area contributed by atoms with E-state index in [0.717, 1.165) is 12.8 Å². The van der Waals surface area contributed by atoms with Gasteiger partial charge in [0.25, 0.3) is 0 Å². The maximum atomic E-state index is 2.39. The van der Waals surface area contributed by atoms with Crippen LogP contribution < -0.4 is 0 Å². The maximum absolute atomic E-state index is 2.39. The third kappa shape index (κ3) is 5.73. The molecule has 0 spiro atoms. The van der Waals surface area contributed by atoms with Crippen LogP contribution in [0.2, 0.25) is 0 Å². The van der Waals surface area contributed by atoms with Gasteiger partial charge in [-0.25, -0.2) is 0 Å². The smallest absolute Gasteiger partial charge is 0.0772 e. The van der Waals surface area contributed by atoms with Gasteiger partial charge in [0.1, 0.15) is 0 Å². The van der Waals surface area contributed by atoms with Gasteiger partial charge < -0.3 is 0 Å². The Balaban J connectivity index is 1.27. The first-order chi connectivity index (χ1) is 25.6. The molecular weight excluding hydrogens is 745 g/mol. The van der Waals surface area contributed by atoms with Crippen molar-refractivity contribution in [3.05, 3.63) is 203 Å². The molecule has 52 heavy (non-hydrogen) atoms. The molecule has 14 bridgehead atoms. The van der Waals surface area contributed by atoms with E-state index in [1.807, 2.05) is 68.0 Å². The summed E-state index contributed by atoms with van der Waals surface area (Å²) in [5.41, 5.74) is 2.05. The number of hydrogen-bond donors (Lipinski definition) is 0. The fourth-order valence-corrected chi connectivity index (χ4v) is 14.7. The minimum absolute atomic E-state index is 0.318. The summed E-state index contributed by atoms with van der Waals surface area (Å²) in [6.07, 6.45) is 15.8. The zero-order chi connectivity index (χ0) is 34.5. The summed E-state index contributed by atoms with van der Waals surface area (Å²) in [6.45, 7) is 0. The Bertz CT molecular complexity index is 2190. The van der Waals surface area contributed by atoms with Crippen LogP contribution in [-0.4, -0.2) is 0 Å². The molecule has 6 aromatic heterocycles. The highest BCUT2D eigenvalue weighted by Gasteiger charge is 2.42. The lowest BCUT2D eigenvalue weighted by Crippen LogP contribution is -2.29. The van der Waals surface area contributed by atoms with Gasteiger partial charge in [-0.2, -0.15) is 0 Å². The van der Waals surface area contributed by atoms with Crippen LogP contribution in [0.25, 0.3) is 36.5 Å². The van der Waals surface area contributed by atoms with Gasteiger partial charge in [0.2, 0.25) is 0 Å². The standard InChI is InChI=1S/C46H32S6/c1-3-7-31(8-4-1)29-45-39-23-17-33(47-39)11-14-36-20-26-42(50-36)46(30-32-9-5-2-6-10-32,43-27-21-37(51-43)15-12-34-18-24-40(45)48-34)44-28-22-38(52-44)16-13-35-19-25-41(45)49-35/h1-28H,29-30H2/b14-11+,15-12+,16-13+. The first-order valence-corrected chi connectivity index (χ1v) is 22.3. The Kier molecular flexibility index (Phi) is 8.36. The van der Waals surface area contributed by atoms with Crippen molar-refractivity contribution in [1.29, 1.82) is 0 Å². The van der Waals surface area contributed by atoms with Crippen molar-refractivity contribution < 1.29 is 0 Å². The topological polar surface area (TPSA) is 0 Å². The Morgan fingerprint density at radius 2 is 0.500 bits per heavy atom. The largest absolute Gasteiger partial charge is 0.140 e. The minimum atomic E-state index is -0.318. The quantitative estimate of drug-likeness (QED) is 0.167. The van der Waals surface area contributed by atoms with Crippen molar-refractivity contribution >= 4 is 104 Å². The van der Waals surface area contributed by atoms with E-state index >= 15 is 0 Å². The summed E-state index contributed by atoms with van der Waals surface area (Å²) in [7, 11) is 0. The number of rotatable bonds is 4. The molecule has 0 amide bonds. The average molecular weight is 777 g/mol. The molecule has 252 valence electrons. The van der Waals surface area contributed by atoms with Gasteiger partial charge >= 0.3 is 0 Å². The normalized spacial score (nSPS) is 20.7. The monoisotopic (exact) mass is 776 g/mol. The third-order valence-corrected chi connectivity index (χ3v) is 17.4. The predicted molar refractivity (Wildman–Crippen MR) is 233 cm³/mol. The van der Waals surface area contributed by atoms with E-state index in [1.165, 1.54) is 69.7 Å². The van der Waals surface area contributed by atoms with E-state index in [-0.39, 0.29) is 10.8 Å². The second kappa shape index (κ2) is 13.4. The fraction of sp³-hybridized carbons (Fsp3) is 0.0870. The number of benzene rings is 2. The highest BCUT2D eigenvalue weighted by Crippen LogP contribution is 2.52. The summed E-state index contributed by atoms with van der Waals surface area (Å²) in [5.74, 6) is 0. The lowest BCUT2D eigenvalue weighted by Gasteiger charge is -2.32. The Labute approximate surface area is 328 Å². The minimum Gasteiger partial charge on any atom is -0.140 e. The zero-order valence-corrected chi connectivity index (χ0v) is 32.9. The predicted octanol–water partition coefficient (Wildman–Crippen LogP) is 14.3. The molecule has 8 aromatic rings. The second-order valence-electron chi connectivity index (χ2n) is 13.3. The zero-order valence-electron chi connectivity index (χ0n) is 28.0. The Hall–Kier alpha value is -4.14. The first kappa shape index (κ1) is 32.5. The highest BCUT2D eigenvalue weighted by atomic mass is 32.1. The van der Waals surface area contributed by atoms with E-state index < -0.39 is 0 Å². The van der Waals surface area contributed by atoms with Gasteiger partial charge in [-0.1, -0.05) is 60.7 Å². The van der Waals surface area contributed by atoms with Gasteiger partial charge in [-0.3, -0.25) is 0 Å². The average Bonchev–Trinajstić information content (AvgIpc) is 4.02. The van der Waals surface area contributed by atoms with E-state index in [0.29, 0.717) is 0 Å². The third-order valence-electron chi connectivity index (χ3n) is 10.1. The van der Waals surface area contributed by atoms with Gasteiger partial charge in [-0.05, 0) is 133 Å². The molecule has 3 aliphatic rings. The van der Waals surface area contributed by atoms with E-state index in [1.54, 1.807) is 0 Å². The molecular formula is C46H32S6. The summed E-state index contributed by atoms with van der Waals surface area (Å²) in [4.78, 5) is 16.0. The Morgan fingerprint density at radius 3 is 0.731 bits per heavy atom. The van der Waals surface area contributed by atoms with Crippen LogP contribution in [0, 0.1) is 0 Å². The van der Waals surface area contributed by atoms with Crippen LogP contribution in [-0.2, 0) is 23.7 Å². The lowest BCUT2D eigenvalue weighted by atomic mass is 9.77. The summed E-state index contributed by atoms with van der Waals surface area (Å²) in [5, 5.41) is 0. The Morgan fingerprint density at radius 1 is 0.269 bits per heavy atom. The van der Waals surface area contributed by atoms with Crippen LogP contribution in [0.15, 0.2) is 133 Å². The van der Waals surface area contributed by atoms with E-state index in [4.69, 9.17) is 0 Å². The molecule has 0 aliphatic carbocycles. The van der Waals surface area contributed by atoms with Crippen LogP contribution in [0.4, 0.5) is 0 Å². The molecule has 2 aromatic carbocycles. The van der Waals surface area contributed by atoms with Crippen molar-refractivity contribution in [2.45, 2.75) is 23.7 Å². The van der Waals surface area contributed by atoms with Crippen molar-refractivity contribution in [3.63, 3.8) is 0 Å². The van der Waals surface area contributed by atoms with Crippen LogP contribution >= 0.6 is 68.0 Å². The number of hydrogen-bond acceptors (Lipinski definition) is 6. The van der Waals surface area contributed by atoms with Crippen LogP contribution in [0.1, 0.15) is 69.7 Å². The molecule has 0 fully saturated rings. The SMILES string of the molecule is C1=C/c2ccc(s2)C2(Cc3ccccc3)c3ccc(s3)/C=C/c3ccc(s3)C(Cc3ccccc3)(c3ccc/1s3)c1ccc(s1)/C=C/c1ccc2s1.